The lowest BCUT2D eigenvalue weighted by Gasteiger charge is -2.08. The maximum Gasteiger partial charge on any atom is 0.340 e. The number of carbonyl (C=O) groups excluding carboxylic acids is 2. The molecule has 5 nitrogen and oxygen atoms in total. The topological polar surface area (TPSA) is 91.0 Å². The summed E-state index contributed by atoms with van der Waals surface area (Å²) in [7, 11) is 0. The standard InChI is InChI=1S/C13H10Cl2N2O3/c1-7(17)10(5-16)12(18)6-20-13(19)9-3-2-8(14)4-11(9)15/h2-4,10,17H,6H2,1H3. The van der Waals surface area contributed by atoms with Crippen LogP contribution in [0.3, 0.4) is 0 Å². The molecule has 1 N–H and O–H groups in total. The zero-order valence-corrected chi connectivity index (χ0v) is 12.0. The summed E-state index contributed by atoms with van der Waals surface area (Å²) < 4.78 is 4.78. The van der Waals surface area contributed by atoms with E-state index < -0.39 is 24.3 Å². The van der Waals surface area contributed by atoms with Gasteiger partial charge in [0.15, 0.2) is 12.4 Å². The lowest BCUT2D eigenvalue weighted by atomic mass is 10.0. The summed E-state index contributed by atoms with van der Waals surface area (Å²) in [5.74, 6) is -2.65. The molecule has 104 valence electrons. The Kier molecular flexibility index (Phi) is 5.68. The fourth-order valence-electron chi connectivity index (χ4n) is 1.36. The molecule has 0 fully saturated rings. The van der Waals surface area contributed by atoms with E-state index in [9.17, 15) is 9.59 Å². The third-order valence-corrected chi connectivity index (χ3v) is 2.93. The minimum atomic E-state index is -1.21. The van der Waals surface area contributed by atoms with E-state index in [-0.39, 0.29) is 16.3 Å². The molecule has 20 heavy (non-hydrogen) atoms. The van der Waals surface area contributed by atoms with Gasteiger partial charge in [0.1, 0.15) is 5.92 Å². The highest BCUT2D eigenvalue weighted by Crippen LogP contribution is 2.21. The molecule has 0 heterocycles. The monoisotopic (exact) mass is 312 g/mol. The lowest BCUT2D eigenvalue weighted by molar-refractivity contribution is -0.122. The van der Waals surface area contributed by atoms with Gasteiger partial charge in [-0.1, -0.05) is 23.2 Å². The number of nitrogens with one attached hydrogen (secondary N) is 1. The number of nitrogens with zero attached hydrogens (tertiary/aromatic N) is 1. The molecule has 1 aromatic rings. The third-order valence-electron chi connectivity index (χ3n) is 2.38. The number of rotatable bonds is 5. The molecule has 1 rings (SSSR count). The summed E-state index contributed by atoms with van der Waals surface area (Å²) in [5, 5.41) is 16.5. The summed E-state index contributed by atoms with van der Waals surface area (Å²) in [5.41, 5.74) is -0.0259. The number of hydrogen-bond donors (Lipinski definition) is 1. The van der Waals surface area contributed by atoms with Crippen LogP contribution in [0.1, 0.15) is 17.3 Å². The van der Waals surface area contributed by atoms with Crippen LogP contribution in [0.5, 0.6) is 0 Å². The van der Waals surface area contributed by atoms with Gasteiger partial charge in [0, 0.05) is 10.7 Å². The van der Waals surface area contributed by atoms with Crippen LogP contribution in [0, 0.1) is 22.7 Å². The van der Waals surface area contributed by atoms with E-state index in [1.54, 1.807) is 6.07 Å². The summed E-state index contributed by atoms with van der Waals surface area (Å²) in [4.78, 5) is 23.3. The van der Waals surface area contributed by atoms with Crippen LogP contribution in [0.2, 0.25) is 10.0 Å². The van der Waals surface area contributed by atoms with Crippen LogP contribution in [0.15, 0.2) is 18.2 Å². The van der Waals surface area contributed by atoms with Crippen LogP contribution in [-0.4, -0.2) is 24.1 Å². The maximum atomic E-state index is 11.7. The predicted octanol–water partition coefficient (Wildman–Crippen LogP) is 2.90. The number of ketones is 1. The molecule has 0 radical (unpaired) electrons. The van der Waals surface area contributed by atoms with Crippen LogP contribution in [0.25, 0.3) is 0 Å². The van der Waals surface area contributed by atoms with E-state index >= 15 is 0 Å². The summed E-state index contributed by atoms with van der Waals surface area (Å²) in [6.45, 7) is 0.746. The van der Waals surface area contributed by atoms with Gasteiger partial charge in [-0.05, 0) is 25.1 Å². The largest absolute Gasteiger partial charge is 0.454 e. The SMILES string of the molecule is CC(=N)C(C#N)C(=O)COC(=O)c1ccc(Cl)cc1Cl. The molecule has 0 saturated heterocycles. The molecular formula is C13H10Cl2N2O3. The number of halogens is 2. The highest BCUT2D eigenvalue weighted by molar-refractivity contribution is 6.36. The first kappa shape index (κ1) is 16.2. The fourth-order valence-corrected chi connectivity index (χ4v) is 1.85. The molecule has 0 aromatic heterocycles. The Balaban J connectivity index is 2.71. The number of ether oxygens (including phenoxy) is 1. The predicted molar refractivity (Wildman–Crippen MR) is 74.3 cm³/mol. The Morgan fingerprint density at radius 3 is 2.60 bits per heavy atom. The van der Waals surface area contributed by atoms with Crippen LogP contribution < -0.4 is 0 Å². The van der Waals surface area contributed by atoms with Gasteiger partial charge < -0.3 is 10.1 Å². The normalized spacial score (nSPS) is 11.3. The molecule has 0 aliphatic heterocycles. The van der Waals surface area contributed by atoms with E-state index in [2.05, 4.69) is 0 Å². The zero-order chi connectivity index (χ0) is 15.3. The Morgan fingerprint density at radius 1 is 1.45 bits per heavy atom. The van der Waals surface area contributed by atoms with Crippen LogP contribution >= 0.6 is 23.2 Å². The second-order valence-corrected chi connectivity index (χ2v) is 4.76. The first-order valence-corrected chi connectivity index (χ1v) is 6.22. The van der Waals surface area contributed by atoms with Crippen molar-refractivity contribution in [3.05, 3.63) is 33.8 Å². The molecule has 0 amide bonds. The molecule has 0 bridgehead atoms. The van der Waals surface area contributed by atoms with Crippen LogP contribution in [-0.2, 0) is 9.53 Å². The van der Waals surface area contributed by atoms with Crippen molar-refractivity contribution in [3.8, 4) is 6.07 Å². The van der Waals surface area contributed by atoms with E-state index in [0.29, 0.717) is 5.02 Å². The fraction of sp³-hybridized carbons (Fsp3) is 0.231. The Morgan fingerprint density at radius 2 is 2.10 bits per heavy atom. The van der Waals surface area contributed by atoms with Crippen LogP contribution in [0.4, 0.5) is 0 Å². The minimum Gasteiger partial charge on any atom is -0.454 e. The van der Waals surface area contributed by atoms with Gasteiger partial charge in [0.25, 0.3) is 0 Å². The Labute approximate surface area is 125 Å². The van der Waals surface area contributed by atoms with Gasteiger partial charge in [-0.15, -0.1) is 0 Å². The number of Topliss-reactive ketones (excluding diaryl/α,β-unsaturated/α-hetero) is 1. The molecule has 0 saturated carbocycles. The first-order chi connectivity index (χ1) is 9.36. The van der Waals surface area contributed by atoms with Crippen molar-refractivity contribution in [2.24, 2.45) is 5.92 Å². The molecule has 1 unspecified atom stereocenters. The van der Waals surface area contributed by atoms with E-state index in [1.165, 1.54) is 25.1 Å². The molecule has 0 aliphatic carbocycles. The van der Waals surface area contributed by atoms with Crippen molar-refractivity contribution < 1.29 is 14.3 Å². The summed E-state index contributed by atoms with van der Waals surface area (Å²) >= 11 is 11.5. The van der Waals surface area contributed by atoms with E-state index in [0.717, 1.165) is 0 Å². The molecule has 1 aromatic carbocycles. The number of nitriles is 1. The number of hydrogen-bond acceptors (Lipinski definition) is 5. The second-order valence-electron chi connectivity index (χ2n) is 3.91. The molecule has 7 heteroatoms. The average Bonchev–Trinajstić information content (AvgIpc) is 2.36. The number of esters is 1. The smallest absolute Gasteiger partial charge is 0.340 e. The van der Waals surface area contributed by atoms with Crippen molar-refractivity contribution in [3.63, 3.8) is 0 Å². The van der Waals surface area contributed by atoms with Crippen molar-refractivity contribution in [1.29, 1.82) is 10.7 Å². The first-order valence-electron chi connectivity index (χ1n) is 5.46. The minimum absolute atomic E-state index is 0.0731. The quantitative estimate of drug-likeness (QED) is 0.668. The summed E-state index contributed by atoms with van der Waals surface area (Å²) in [6.07, 6.45) is 0. The lowest BCUT2D eigenvalue weighted by Crippen LogP contribution is -2.25. The van der Waals surface area contributed by atoms with Gasteiger partial charge in [0.2, 0.25) is 0 Å². The Hall–Kier alpha value is -1.90. The van der Waals surface area contributed by atoms with Gasteiger partial charge in [-0.2, -0.15) is 5.26 Å². The second kappa shape index (κ2) is 7.04. The maximum absolute atomic E-state index is 11.7. The molecular weight excluding hydrogens is 303 g/mol. The van der Waals surface area contributed by atoms with E-state index in [4.69, 9.17) is 38.6 Å². The molecule has 0 aliphatic rings. The van der Waals surface area contributed by atoms with Crippen molar-refractivity contribution in [1.82, 2.24) is 0 Å². The van der Waals surface area contributed by atoms with Gasteiger partial charge in [-0.3, -0.25) is 4.79 Å². The highest BCUT2D eigenvalue weighted by atomic mass is 35.5. The zero-order valence-electron chi connectivity index (χ0n) is 10.4. The molecule has 1 atom stereocenters. The highest BCUT2D eigenvalue weighted by Gasteiger charge is 2.22. The number of benzene rings is 1. The Bertz CT molecular complexity index is 608. The van der Waals surface area contributed by atoms with Crippen molar-refractivity contribution in [2.75, 3.05) is 6.61 Å². The molecule has 0 spiro atoms. The number of carbonyl (C=O) groups is 2. The van der Waals surface area contributed by atoms with Gasteiger partial charge in [-0.25, -0.2) is 4.79 Å². The van der Waals surface area contributed by atoms with Crippen molar-refractivity contribution in [2.45, 2.75) is 6.92 Å². The van der Waals surface area contributed by atoms with Crippen molar-refractivity contribution >= 4 is 40.7 Å². The average molecular weight is 313 g/mol. The van der Waals surface area contributed by atoms with Gasteiger partial charge >= 0.3 is 5.97 Å². The van der Waals surface area contributed by atoms with Gasteiger partial charge in [0.05, 0.1) is 16.7 Å². The summed E-state index contributed by atoms with van der Waals surface area (Å²) in [6, 6.07) is 5.89. The third kappa shape index (κ3) is 4.05. The van der Waals surface area contributed by atoms with E-state index in [1.807, 2.05) is 0 Å².